The molecule has 2 aliphatic carbocycles. The largest absolute Gasteiger partial charge is 0.223 e. The molecular formula is C14H13ClN2. The lowest BCUT2D eigenvalue weighted by Crippen LogP contribution is -2.34. The molecule has 3 rings (SSSR count). The highest BCUT2D eigenvalue weighted by Crippen LogP contribution is 2.19. The molecule has 17 heavy (non-hydrogen) atoms. The molecule has 0 bridgehead atoms. The standard InChI is InChI=1S/C14H13ClN2/c15-14-16-12-9-5-4-8-11(12)13(17-14)10-6-2-1-3-7-10/h1-2,6,8-9H,3-5,7H2. The van der Waals surface area contributed by atoms with Crippen LogP contribution in [0.25, 0.3) is 17.7 Å². The first-order chi connectivity index (χ1) is 8.34. The van der Waals surface area contributed by atoms with Crippen LogP contribution in [0.2, 0.25) is 5.28 Å². The van der Waals surface area contributed by atoms with Crippen LogP contribution < -0.4 is 10.6 Å². The van der Waals surface area contributed by atoms with Crippen molar-refractivity contribution < 1.29 is 0 Å². The molecular weight excluding hydrogens is 232 g/mol. The van der Waals surface area contributed by atoms with Crippen LogP contribution in [0.3, 0.4) is 0 Å². The lowest BCUT2D eigenvalue weighted by molar-refractivity contribution is 0.986. The lowest BCUT2D eigenvalue weighted by Gasteiger charge is -2.11. The summed E-state index contributed by atoms with van der Waals surface area (Å²) in [7, 11) is 0. The summed E-state index contributed by atoms with van der Waals surface area (Å²) in [6.45, 7) is 0. The zero-order chi connectivity index (χ0) is 11.7. The van der Waals surface area contributed by atoms with E-state index in [0.717, 1.165) is 41.9 Å². The van der Waals surface area contributed by atoms with Crippen molar-refractivity contribution in [1.29, 1.82) is 0 Å². The third kappa shape index (κ3) is 2.05. The minimum Gasteiger partial charge on any atom is -0.218 e. The Morgan fingerprint density at radius 1 is 1.06 bits per heavy atom. The van der Waals surface area contributed by atoms with Crippen LogP contribution in [0, 0.1) is 0 Å². The molecule has 0 saturated heterocycles. The van der Waals surface area contributed by atoms with E-state index in [0.29, 0.717) is 5.28 Å². The van der Waals surface area contributed by atoms with Crippen molar-refractivity contribution in [2.24, 2.45) is 0 Å². The third-order valence-corrected chi connectivity index (χ3v) is 3.29. The Morgan fingerprint density at radius 3 is 2.76 bits per heavy atom. The Bertz CT molecular complexity index is 626. The fourth-order valence-corrected chi connectivity index (χ4v) is 2.48. The van der Waals surface area contributed by atoms with Crippen molar-refractivity contribution in [3.05, 3.63) is 39.8 Å². The first-order valence-electron chi connectivity index (χ1n) is 5.94. The van der Waals surface area contributed by atoms with Crippen LogP contribution in [0.5, 0.6) is 0 Å². The molecule has 1 aromatic heterocycles. The predicted molar refractivity (Wildman–Crippen MR) is 70.8 cm³/mol. The fourth-order valence-electron chi connectivity index (χ4n) is 2.31. The third-order valence-electron chi connectivity index (χ3n) is 3.12. The summed E-state index contributed by atoms with van der Waals surface area (Å²) in [5.41, 5.74) is 2.28. The monoisotopic (exact) mass is 244 g/mol. The molecule has 0 unspecified atom stereocenters. The highest BCUT2D eigenvalue weighted by atomic mass is 35.5. The summed E-state index contributed by atoms with van der Waals surface area (Å²) in [6, 6.07) is 0. The second kappa shape index (κ2) is 4.46. The van der Waals surface area contributed by atoms with E-state index >= 15 is 0 Å². The number of allylic oxidation sites excluding steroid dienone is 4. The van der Waals surface area contributed by atoms with Gasteiger partial charge in [0.2, 0.25) is 5.28 Å². The summed E-state index contributed by atoms with van der Waals surface area (Å²) in [5, 5.41) is 2.49. The highest BCUT2D eigenvalue weighted by Gasteiger charge is 2.10. The van der Waals surface area contributed by atoms with E-state index in [-0.39, 0.29) is 0 Å². The normalized spacial score (nSPS) is 17.8. The Balaban J connectivity index is 2.27. The number of hydrogen-bond donors (Lipinski definition) is 0. The molecule has 0 saturated carbocycles. The molecule has 86 valence electrons. The van der Waals surface area contributed by atoms with Gasteiger partial charge >= 0.3 is 0 Å². The summed E-state index contributed by atoms with van der Waals surface area (Å²) in [4.78, 5) is 8.70. The summed E-state index contributed by atoms with van der Waals surface area (Å²) in [6.07, 6.45) is 15.0. The molecule has 0 spiro atoms. The van der Waals surface area contributed by atoms with Gasteiger partial charge in [-0.1, -0.05) is 30.4 Å². The van der Waals surface area contributed by atoms with Gasteiger partial charge < -0.3 is 0 Å². The van der Waals surface area contributed by atoms with Crippen molar-refractivity contribution in [1.82, 2.24) is 9.97 Å². The van der Waals surface area contributed by atoms with Crippen molar-refractivity contribution in [2.45, 2.75) is 25.7 Å². The minimum absolute atomic E-state index is 0.348. The first kappa shape index (κ1) is 10.7. The predicted octanol–water partition coefficient (Wildman–Crippen LogP) is 2.22. The second-order valence-corrected chi connectivity index (χ2v) is 4.62. The zero-order valence-corrected chi connectivity index (χ0v) is 10.2. The van der Waals surface area contributed by atoms with Crippen LogP contribution in [-0.4, -0.2) is 9.97 Å². The maximum atomic E-state index is 6.00. The van der Waals surface area contributed by atoms with Crippen LogP contribution in [-0.2, 0) is 0 Å². The van der Waals surface area contributed by atoms with Gasteiger partial charge in [-0.3, -0.25) is 0 Å². The summed E-state index contributed by atoms with van der Waals surface area (Å²) < 4.78 is 0. The van der Waals surface area contributed by atoms with E-state index in [9.17, 15) is 0 Å². The molecule has 0 fully saturated rings. The number of rotatable bonds is 1. The lowest BCUT2D eigenvalue weighted by atomic mass is 9.99. The van der Waals surface area contributed by atoms with E-state index in [1.54, 1.807) is 0 Å². The summed E-state index contributed by atoms with van der Waals surface area (Å²) >= 11 is 6.00. The van der Waals surface area contributed by atoms with E-state index in [1.807, 2.05) is 0 Å². The average Bonchev–Trinajstić information content (AvgIpc) is 2.39. The Labute approximate surface area is 105 Å². The van der Waals surface area contributed by atoms with Crippen molar-refractivity contribution in [3.63, 3.8) is 0 Å². The number of hydrogen-bond acceptors (Lipinski definition) is 2. The van der Waals surface area contributed by atoms with Crippen LogP contribution in [0.15, 0.2) is 18.2 Å². The molecule has 2 aliphatic rings. The zero-order valence-electron chi connectivity index (χ0n) is 9.49. The molecule has 0 aromatic carbocycles. The molecule has 0 radical (unpaired) electrons. The van der Waals surface area contributed by atoms with Crippen molar-refractivity contribution in [2.75, 3.05) is 0 Å². The molecule has 0 amide bonds. The molecule has 0 atom stereocenters. The maximum Gasteiger partial charge on any atom is 0.223 e. The van der Waals surface area contributed by atoms with Crippen LogP contribution >= 0.6 is 11.6 Å². The molecule has 3 heteroatoms. The smallest absolute Gasteiger partial charge is 0.218 e. The van der Waals surface area contributed by atoms with Crippen molar-refractivity contribution in [3.8, 4) is 0 Å². The fraction of sp³-hybridized carbons (Fsp3) is 0.286. The minimum atomic E-state index is 0.348. The van der Waals surface area contributed by atoms with Crippen LogP contribution in [0.4, 0.5) is 0 Å². The molecule has 1 aromatic rings. The van der Waals surface area contributed by atoms with Gasteiger partial charge in [0.15, 0.2) is 0 Å². The SMILES string of the molecule is Clc1nc(C2=CC=CCC2)c2c(n1)=CCCC=2. The van der Waals surface area contributed by atoms with Gasteiger partial charge in [-0.05, 0) is 42.9 Å². The van der Waals surface area contributed by atoms with Gasteiger partial charge in [0.25, 0.3) is 0 Å². The average molecular weight is 245 g/mol. The van der Waals surface area contributed by atoms with Crippen LogP contribution in [0.1, 0.15) is 31.4 Å². The van der Waals surface area contributed by atoms with Gasteiger partial charge in [-0.25, -0.2) is 9.97 Å². The Hall–Kier alpha value is -1.41. The number of aromatic nitrogens is 2. The van der Waals surface area contributed by atoms with E-state index in [1.165, 1.54) is 5.57 Å². The second-order valence-electron chi connectivity index (χ2n) is 4.28. The molecule has 0 aliphatic heterocycles. The van der Waals surface area contributed by atoms with Crippen molar-refractivity contribution >= 4 is 29.3 Å². The number of fused-ring (bicyclic) bond motifs is 1. The Kier molecular flexibility index (Phi) is 2.81. The first-order valence-corrected chi connectivity index (χ1v) is 6.32. The molecule has 0 N–H and O–H groups in total. The number of halogens is 1. The molecule has 2 nitrogen and oxygen atoms in total. The topological polar surface area (TPSA) is 25.8 Å². The van der Waals surface area contributed by atoms with E-state index in [2.05, 4.69) is 40.3 Å². The Morgan fingerprint density at radius 2 is 1.94 bits per heavy atom. The maximum absolute atomic E-state index is 6.00. The molecule has 1 heterocycles. The van der Waals surface area contributed by atoms with Gasteiger partial charge in [-0.15, -0.1) is 0 Å². The van der Waals surface area contributed by atoms with Gasteiger partial charge in [0.05, 0.1) is 11.0 Å². The summed E-state index contributed by atoms with van der Waals surface area (Å²) in [5.74, 6) is 0. The highest BCUT2D eigenvalue weighted by molar-refractivity contribution is 6.28. The van der Waals surface area contributed by atoms with E-state index in [4.69, 9.17) is 11.6 Å². The van der Waals surface area contributed by atoms with Gasteiger partial charge in [-0.2, -0.15) is 0 Å². The quantitative estimate of drug-likeness (QED) is 0.708. The number of nitrogens with zero attached hydrogens (tertiary/aromatic N) is 2. The van der Waals surface area contributed by atoms with E-state index < -0.39 is 0 Å². The van der Waals surface area contributed by atoms with Gasteiger partial charge in [0, 0.05) is 5.22 Å². The van der Waals surface area contributed by atoms with Gasteiger partial charge in [0.1, 0.15) is 0 Å².